The van der Waals surface area contributed by atoms with Crippen LogP contribution < -0.4 is 0 Å². The van der Waals surface area contributed by atoms with Crippen molar-refractivity contribution in [2.45, 2.75) is 0 Å². The predicted molar refractivity (Wildman–Crippen MR) is 211 cm³/mol. The molecule has 2 nitrogen and oxygen atoms in total. The fraction of sp³-hybridized carbons (Fsp3) is 0. The van der Waals surface area contributed by atoms with Gasteiger partial charge in [-0.15, -0.1) is 0 Å². The molecule has 0 bridgehead atoms. The van der Waals surface area contributed by atoms with Gasteiger partial charge >= 0.3 is 0 Å². The van der Waals surface area contributed by atoms with Crippen molar-refractivity contribution < 1.29 is 4.11 Å². The van der Waals surface area contributed by atoms with Gasteiger partial charge < -0.3 is 9.13 Å². The molecular formula is C48H32N2. The summed E-state index contributed by atoms with van der Waals surface area (Å²) in [7, 11) is 0. The zero-order chi connectivity index (χ0) is 35.6. The Morgan fingerprint density at radius 2 is 0.860 bits per heavy atom. The molecule has 0 aliphatic carbocycles. The summed E-state index contributed by atoms with van der Waals surface area (Å²) in [4.78, 5) is 0. The molecule has 2 heterocycles. The average Bonchev–Trinajstić information content (AvgIpc) is 3.74. The molecule has 0 radical (unpaired) electrons. The van der Waals surface area contributed by atoms with E-state index < -0.39 is 0 Å². The van der Waals surface area contributed by atoms with Gasteiger partial charge in [0.15, 0.2) is 0 Å². The third kappa shape index (κ3) is 4.57. The smallest absolute Gasteiger partial charge is 0.0645 e. The van der Waals surface area contributed by atoms with Crippen molar-refractivity contribution in [1.82, 2.24) is 9.13 Å². The van der Waals surface area contributed by atoms with Gasteiger partial charge in [-0.2, -0.15) is 0 Å². The molecule has 234 valence electrons. The Bertz CT molecular complexity index is 3020. The highest BCUT2D eigenvalue weighted by Crippen LogP contribution is 2.39. The molecule has 50 heavy (non-hydrogen) atoms. The van der Waals surface area contributed by atoms with Gasteiger partial charge in [0.25, 0.3) is 0 Å². The van der Waals surface area contributed by atoms with Crippen LogP contribution in [0, 0.1) is 0 Å². The number of para-hydroxylation sites is 2. The van der Waals surface area contributed by atoms with Crippen molar-refractivity contribution in [3.63, 3.8) is 0 Å². The summed E-state index contributed by atoms with van der Waals surface area (Å²) in [6.07, 6.45) is 0. The van der Waals surface area contributed by atoms with Crippen LogP contribution in [0.3, 0.4) is 0 Å². The van der Waals surface area contributed by atoms with Crippen LogP contribution in [0.25, 0.3) is 88.4 Å². The summed E-state index contributed by atoms with van der Waals surface area (Å²) < 4.78 is 33.4. The van der Waals surface area contributed by atoms with Gasteiger partial charge in [-0.3, -0.25) is 0 Å². The molecule has 10 aromatic rings. The molecule has 10 rings (SSSR count). The molecule has 2 aromatic heterocycles. The molecule has 0 fully saturated rings. The number of rotatable bonds is 5. The lowest BCUT2D eigenvalue weighted by molar-refractivity contribution is 1.18. The number of hydrogen-bond donors (Lipinski definition) is 0. The largest absolute Gasteiger partial charge is 0.309 e. The highest BCUT2D eigenvalue weighted by atomic mass is 15.0. The van der Waals surface area contributed by atoms with Crippen LogP contribution in [0.5, 0.6) is 0 Å². The molecular weight excluding hydrogens is 605 g/mol. The fourth-order valence-electron chi connectivity index (χ4n) is 7.47. The first-order valence-electron chi connectivity index (χ1n) is 18.4. The lowest BCUT2D eigenvalue weighted by Crippen LogP contribution is -1.95. The minimum absolute atomic E-state index is 0.0419. The van der Waals surface area contributed by atoms with Crippen LogP contribution in [-0.4, -0.2) is 9.13 Å². The Hall–Kier alpha value is -6.64. The summed E-state index contributed by atoms with van der Waals surface area (Å²) in [6, 6.07) is 60.5. The Labute approximate surface area is 294 Å². The second kappa shape index (κ2) is 11.5. The van der Waals surface area contributed by atoms with Crippen molar-refractivity contribution >= 4 is 43.6 Å². The molecule has 0 amide bonds. The van der Waals surface area contributed by atoms with E-state index in [2.05, 4.69) is 118 Å². The SMILES string of the molecule is [2H]c1c(-c2ccc3c(c2)c2ccccc2n3-c2ccccc2)c([2H])c2c3ccc(-c4ccccc4)cc3n(-c3cccc(-c4ccccc4)c3)c2c1[2H]. The minimum Gasteiger partial charge on any atom is -0.309 e. The van der Waals surface area contributed by atoms with Gasteiger partial charge in [0, 0.05) is 32.9 Å². The van der Waals surface area contributed by atoms with Gasteiger partial charge in [0.1, 0.15) is 0 Å². The molecule has 0 aliphatic heterocycles. The Balaban J connectivity index is 1.26. The zero-order valence-electron chi connectivity index (χ0n) is 30.1. The predicted octanol–water partition coefficient (Wildman–Crippen LogP) is 12.9. The molecule has 0 atom stereocenters. The van der Waals surface area contributed by atoms with Gasteiger partial charge in [-0.1, -0.05) is 133 Å². The molecule has 0 unspecified atom stereocenters. The monoisotopic (exact) mass is 639 g/mol. The van der Waals surface area contributed by atoms with Crippen LogP contribution >= 0.6 is 0 Å². The highest BCUT2D eigenvalue weighted by molar-refractivity contribution is 6.13. The minimum atomic E-state index is 0.0419. The number of hydrogen-bond acceptors (Lipinski definition) is 0. The summed E-state index contributed by atoms with van der Waals surface area (Å²) >= 11 is 0. The lowest BCUT2D eigenvalue weighted by atomic mass is 9.99. The van der Waals surface area contributed by atoms with Crippen molar-refractivity contribution in [2.75, 3.05) is 0 Å². The fourth-order valence-corrected chi connectivity index (χ4v) is 7.47. The van der Waals surface area contributed by atoms with E-state index in [-0.39, 0.29) is 18.1 Å². The zero-order valence-corrected chi connectivity index (χ0v) is 27.1. The van der Waals surface area contributed by atoms with Crippen LogP contribution in [-0.2, 0) is 0 Å². The van der Waals surface area contributed by atoms with E-state index in [0.29, 0.717) is 16.5 Å². The molecule has 0 saturated carbocycles. The second-order valence-electron chi connectivity index (χ2n) is 12.7. The summed E-state index contributed by atoms with van der Waals surface area (Å²) in [5.41, 5.74) is 11.1. The molecule has 0 spiro atoms. The average molecular weight is 640 g/mol. The van der Waals surface area contributed by atoms with E-state index >= 15 is 0 Å². The van der Waals surface area contributed by atoms with E-state index in [9.17, 15) is 4.11 Å². The van der Waals surface area contributed by atoms with Gasteiger partial charge in [0.2, 0.25) is 0 Å². The number of fused-ring (bicyclic) bond motifs is 6. The van der Waals surface area contributed by atoms with E-state index in [0.717, 1.165) is 71.9 Å². The second-order valence-corrected chi connectivity index (χ2v) is 12.7. The first kappa shape index (κ1) is 25.4. The quantitative estimate of drug-likeness (QED) is 0.177. The number of aromatic nitrogens is 2. The van der Waals surface area contributed by atoms with Crippen molar-refractivity contribution in [1.29, 1.82) is 0 Å². The molecule has 0 aliphatic rings. The maximum Gasteiger partial charge on any atom is 0.0645 e. The Kier molecular flexibility index (Phi) is 5.84. The topological polar surface area (TPSA) is 9.86 Å². The van der Waals surface area contributed by atoms with Crippen molar-refractivity contribution in [3.05, 3.63) is 194 Å². The molecule has 8 aromatic carbocycles. The molecule has 0 N–H and O–H groups in total. The maximum absolute atomic E-state index is 9.86. The van der Waals surface area contributed by atoms with Crippen molar-refractivity contribution in [3.8, 4) is 44.8 Å². The van der Waals surface area contributed by atoms with E-state index in [4.69, 9.17) is 0 Å². The van der Waals surface area contributed by atoms with Gasteiger partial charge in [-0.25, -0.2) is 0 Å². The van der Waals surface area contributed by atoms with E-state index in [1.165, 1.54) is 0 Å². The van der Waals surface area contributed by atoms with Crippen LogP contribution in [0.1, 0.15) is 4.11 Å². The van der Waals surface area contributed by atoms with Crippen LogP contribution in [0.4, 0.5) is 0 Å². The molecule has 0 saturated heterocycles. The van der Waals surface area contributed by atoms with Crippen LogP contribution in [0.2, 0.25) is 0 Å². The summed E-state index contributed by atoms with van der Waals surface area (Å²) in [5, 5.41) is 3.70. The van der Waals surface area contributed by atoms with Crippen molar-refractivity contribution in [2.24, 2.45) is 0 Å². The van der Waals surface area contributed by atoms with Crippen LogP contribution in [0.15, 0.2) is 194 Å². The first-order valence-corrected chi connectivity index (χ1v) is 16.9. The Morgan fingerprint density at radius 1 is 0.300 bits per heavy atom. The first-order chi connectivity index (χ1) is 26.1. The van der Waals surface area contributed by atoms with Gasteiger partial charge in [-0.05, 0) is 94.0 Å². The maximum atomic E-state index is 9.86. The number of nitrogens with zero attached hydrogens (tertiary/aromatic N) is 2. The third-order valence-corrected chi connectivity index (χ3v) is 9.82. The summed E-state index contributed by atoms with van der Waals surface area (Å²) in [6.45, 7) is 0. The number of benzene rings is 8. The highest BCUT2D eigenvalue weighted by Gasteiger charge is 2.17. The lowest BCUT2D eigenvalue weighted by Gasteiger charge is -2.11. The summed E-state index contributed by atoms with van der Waals surface area (Å²) in [5.74, 6) is 0. The standard InChI is InChI=1S/C48H32N2/c1-4-13-33(14-5-1)35-17-12-20-40(29-35)50-47-28-25-37(31-44(47)42-26-23-38(32-48(42)50)34-15-6-2-7-16-34)36-24-27-46-43(30-36)41-21-10-11-22-45(41)49(46)39-18-8-3-9-19-39/h1-32H/i25D,28D,31D. The molecule has 2 heteroatoms. The normalized spacial score (nSPS) is 12.4. The van der Waals surface area contributed by atoms with E-state index in [1.807, 2.05) is 66.7 Å². The van der Waals surface area contributed by atoms with Gasteiger partial charge in [0.05, 0.1) is 26.2 Å². The van der Waals surface area contributed by atoms with E-state index in [1.54, 1.807) is 0 Å². The Morgan fingerprint density at radius 3 is 1.64 bits per heavy atom. The third-order valence-electron chi connectivity index (χ3n) is 9.82.